The zero-order valence-corrected chi connectivity index (χ0v) is 20.2. The number of carboxylic acids is 2. The molecule has 2 aliphatic rings. The highest BCUT2D eigenvalue weighted by Gasteiger charge is 2.49. The van der Waals surface area contributed by atoms with E-state index in [9.17, 15) is 30.7 Å². The van der Waals surface area contributed by atoms with Gasteiger partial charge in [-0.05, 0) is 13.3 Å². The van der Waals surface area contributed by atoms with Crippen LogP contribution in [-0.4, -0.2) is 80.9 Å². The SMILES string of the molecule is Cc1nc(COC2CCOC3(C2)CN(c2ncc(F)cn2)C3)cs1.O=C(O)C(F)(F)F.O=C(O)C(F)(F)F. The molecule has 1 atom stereocenters. The van der Waals surface area contributed by atoms with Crippen LogP contribution in [0.5, 0.6) is 0 Å². The number of hydrogen-bond acceptors (Lipinski definition) is 9. The van der Waals surface area contributed by atoms with Crippen LogP contribution in [0.2, 0.25) is 0 Å². The summed E-state index contributed by atoms with van der Waals surface area (Å²) in [4.78, 5) is 32.3. The van der Waals surface area contributed by atoms with E-state index in [1.54, 1.807) is 11.3 Å². The number of alkyl halides is 6. The van der Waals surface area contributed by atoms with E-state index in [0.29, 0.717) is 32.3 Å². The molecule has 0 aliphatic carbocycles. The Balaban J connectivity index is 0.000000301. The summed E-state index contributed by atoms with van der Waals surface area (Å²) in [7, 11) is 0. The predicted molar refractivity (Wildman–Crippen MR) is 115 cm³/mol. The van der Waals surface area contributed by atoms with Gasteiger partial charge in [0.05, 0.1) is 48.9 Å². The number of hydrogen-bond donors (Lipinski definition) is 2. The predicted octanol–water partition coefficient (Wildman–Crippen LogP) is 3.60. The van der Waals surface area contributed by atoms with Crippen molar-refractivity contribution in [2.75, 3.05) is 24.6 Å². The molecule has 0 saturated carbocycles. The summed E-state index contributed by atoms with van der Waals surface area (Å²) in [5, 5.41) is 17.4. The molecule has 38 heavy (non-hydrogen) atoms. The van der Waals surface area contributed by atoms with Crippen molar-refractivity contribution >= 4 is 29.2 Å². The lowest BCUT2D eigenvalue weighted by atomic mass is 9.85. The maximum Gasteiger partial charge on any atom is 0.490 e. The van der Waals surface area contributed by atoms with Crippen molar-refractivity contribution in [3.63, 3.8) is 0 Å². The van der Waals surface area contributed by atoms with Crippen molar-refractivity contribution in [2.45, 2.75) is 50.4 Å². The lowest BCUT2D eigenvalue weighted by Crippen LogP contribution is -2.66. The van der Waals surface area contributed by atoms with Crippen molar-refractivity contribution in [3.05, 3.63) is 34.3 Å². The van der Waals surface area contributed by atoms with Crippen LogP contribution in [0.15, 0.2) is 17.8 Å². The number of halogens is 7. The van der Waals surface area contributed by atoms with E-state index in [1.807, 2.05) is 17.2 Å². The average Bonchev–Trinajstić information content (AvgIpc) is 3.21. The zero-order valence-electron chi connectivity index (χ0n) is 19.4. The molecule has 0 aromatic carbocycles. The third-order valence-corrected chi connectivity index (χ3v) is 5.74. The third-order valence-electron chi connectivity index (χ3n) is 4.91. The second kappa shape index (κ2) is 12.6. The zero-order chi connectivity index (χ0) is 28.7. The van der Waals surface area contributed by atoms with Gasteiger partial charge in [0.1, 0.15) is 5.60 Å². The first-order chi connectivity index (χ1) is 17.5. The number of nitrogens with zero attached hydrogens (tertiary/aromatic N) is 4. The van der Waals surface area contributed by atoms with Crippen LogP contribution in [0.4, 0.5) is 36.7 Å². The first-order valence-electron chi connectivity index (χ1n) is 10.5. The Hall–Kier alpha value is -3.12. The topological polar surface area (TPSA) is 135 Å². The number of aliphatic carboxylic acids is 2. The van der Waals surface area contributed by atoms with Gasteiger partial charge in [-0.3, -0.25) is 0 Å². The summed E-state index contributed by atoms with van der Waals surface area (Å²) in [5.41, 5.74) is 0.798. The summed E-state index contributed by atoms with van der Waals surface area (Å²) in [5.74, 6) is -5.39. The molecule has 4 heterocycles. The molecule has 212 valence electrons. The third kappa shape index (κ3) is 9.64. The van der Waals surface area contributed by atoms with E-state index in [4.69, 9.17) is 29.3 Å². The van der Waals surface area contributed by atoms with Crippen molar-refractivity contribution in [3.8, 4) is 0 Å². The Morgan fingerprint density at radius 3 is 2.11 bits per heavy atom. The number of carboxylic acid groups (broad SMARTS) is 2. The van der Waals surface area contributed by atoms with Crippen LogP contribution in [0, 0.1) is 12.7 Å². The van der Waals surface area contributed by atoms with Gasteiger partial charge in [0.2, 0.25) is 5.95 Å². The molecule has 18 heteroatoms. The minimum Gasteiger partial charge on any atom is -0.475 e. The van der Waals surface area contributed by atoms with Gasteiger partial charge < -0.3 is 24.6 Å². The summed E-state index contributed by atoms with van der Waals surface area (Å²) in [6.07, 6.45) is -5.85. The fourth-order valence-corrected chi connectivity index (χ4v) is 3.88. The molecule has 0 radical (unpaired) electrons. The van der Waals surface area contributed by atoms with Crippen molar-refractivity contribution in [2.24, 2.45) is 0 Å². The van der Waals surface area contributed by atoms with Crippen LogP contribution in [-0.2, 0) is 25.7 Å². The number of carbonyl (C=O) groups is 2. The lowest BCUT2D eigenvalue weighted by molar-refractivity contribution is -0.193. The maximum atomic E-state index is 12.9. The van der Waals surface area contributed by atoms with Gasteiger partial charge in [0.25, 0.3) is 0 Å². The number of aromatic nitrogens is 3. The molecular formula is C20H21F7N4O6S. The minimum absolute atomic E-state index is 0.178. The standard InChI is InChI=1S/C16H19FN4O2S.2C2HF3O2/c1-11-20-13(8-24-11)7-22-14-2-3-23-16(4-14)9-21(10-16)15-18-5-12(17)6-19-15;2*3-2(4,5)1(6)7/h5-6,8,14H,2-4,7,9-10H2,1H3;2*(H,6,7). The van der Waals surface area contributed by atoms with Gasteiger partial charge in [0.15, 0.2) is 5.82 Å². The van der Waals surface area contributed by atoms with Crippen LogP contribution in [0.25, 0.3) is 0 Å². The first kappa shape index (κ1) is 31.1. The maximum absolute atomic E-state index is 12.9. The van der Waals surface area contributed by atoms with Crippen molar-refractivity contribution in [1.82, 2.24) is 15.0 Å². The number of ether oxygens (including phenoxy) is 2. The van der Waals surface area contributed by atoms with E-state index in [1.165, 1.54) is 12.4 Å². The quantitative estimate of drug-likeness (QED) is 0.518. The van der Waals surface area contributed by atoms with Crippen LogP contribution < -0.4 is 4.90 Å². The molecule has 4 rings (SSSR count). The Labute approximate surface area is 214 Å². The van der Waals surface area contributed by atoms with Gasteiger partial charge in [-0.15, -0.1) is 11.3 Å². The highest BCUT2D eigenvalue weighted by molar-refractivity contribution is 7.09. The molecule has 0 bridgehead atoms. The molecule has 2 aliphatic heterocycles. The van der Waals surface area contributed by atoms with Gasteiger partial charge in [-0.25, -0.2) is 28.9 Å². The second-order valence-electron chi connectivity index (χ2n) is 7.98. The highest BCUT2D eigenvalue weighted by Crippen LogP contribution is 2.37. The first-order valence-corrected chi connectivity index (χ1v) is 11.4. The Morgan fingerprint density at radius 2 is 1.66 bits per heavy atom. The van der Waals surface area contributed by atoms with Crippen molar-refractivity contribution in [1.29, 1.82) is 0 Å². The molecule has 1 unspecified atom stereocenters. The lowest BCUT2D eigenvalue weighted by Gasteiger charge is -2.52. The summed E-state index contributed by atoms with van der Waals surface area (Å²) < 4.78 is 88.4. The monoisotopic (exact) mass is 578 g/mol. The highest BCUT2D eigenvalue weighted by atomic mass is 32.1. The average molecular weight is 578 g/mol. The van der Waals surface area contributed by atoms with E-state index < -0.39 is 30.1 Å². The van der Waals surface area contributed by atoms with E-state index >= 15 is 0 Å². The molecule has 2 aromatic heterocycles. The summed E-state index contributed by atoms with van der Waals surface area (Å²) in [6.45, 7) is 4.68. The molecular weight excluding hydrogens is 557 g/mol. The van der Waals surface area contributed by atoms with Gasteiger partial charge in [0, 0.05) is 18.4 Å². The fraction of sp³-hybridized carbons (Fsp3) is 0.550. The Kier molecular flexibility index (Phi) is 10.3. The van der Waals surface area contributed by atoms with E-state index in [0.717, 1.165) is 23.5 Å². The number of aryl methyl sites for hydroxylation is 1. The largest absolute Gasteiger partial charge is 0.490 e. The molecule has 10 nitrogen and oxygen atoms in total. The smallest absolute Gasteiger partial charge is 0.475 e. The number of thiazole rings is 1. The number of rotatable bonds is 4. The molecule has 2 aromatic rings. The van der Waals surface area contributed by atoms with Crippen LogP contribution in [0.3, 0.4) is 0 Å². The Bertz CT molecular complexity index is 1050. The normalized spacial score (nSPS) is 18.4. The molecule has 2 fully saturated rings. The van der Waals surface area contributed by atoms with E-state index in [-0.39, 0.29) is 11.7 Å². The molecule has 1 spiro atoms. The van der Waals surface area contributed by atoms with Gasteiger partial charge in [-0.1, -0.05) is 0 Å². The number of anilines is 1. The molecule has 2 saturated heterocycles. The molecule has 0 amide bonds. The van der Waals surface area contributed by atoms with Crippen LogP contribution in [0.1, 0.15) is 23.5 Å². The van der Waals surface area contributed by atoms with Crippen LogP contribution >= 0.6 is 11.3 Å². The summed E-state index contributed by atoms with van der Waals surface area (Å²) >= 11 is 1.64. The summed E-state index contributed by atoms with van der Waals surface area (Å²) in [6, 6.07) is 0. The molecule has 2 N–H and O–H groups in total. The van der Waals surface area contributed by atoms with E-state index in [2.05, 4.69) is 15.0 Å². The minimum atomic E-state index is -5.08. The fourth-order valence-electron chi connectivity index (χ4n) is 3.28. The van der Waals surface area contributed by atoms with Crippen molar-refractivity contribution < 1.29 is 60.0 Å². The second-order valence-corrected chi connectivity index (χ2v) is 9.04. The van der Waals surface area contributed by atoms with Gasteiger partial charge in [-0.2, -0.15) is 26.3 Å². The Morgan fingerprint density at radius 1 is 1.13 bits per heavy atom. The van der Waals surface area contributed by atoms with Gasteiger partial charge >= 0.3 is 24.3 Å².